The zero-order valence-electron chi connectivity index (χ0n) is 7.92. The third-order valence-electron chi connectivity index (χ3n) is 2.17. The van der Waals surface area contributed by atoms with E-state index in [1.54, 1.807) is 12.1 Å². The van der Waals surface area contributed by atoms with Gasteiger partial charge in [-0.2, -0.15) is 0 Å². The van der Waals surface area contributed by atoms with Crippen LogP contribution in [-0.4, -0.2) is 9.66 Å². The molecule has 0 aliphatic heterocycles. The van der Waals surface area contributed by atoms with Crippen LogP contribution < -0.4 is 0 Å². The molecule has 0 unspecified atom stereocenters. The van der Waals surface area contributed by atoms with Crippen molar-refractivity contribution >= 4 is 12.0 Å². The standard InChI is InChI=1S/C12H10O2S/c13-12-4-2-1-3-11(12)9-5-7-10(15-14)8-6-9/h1-8,13-14H. The number of benzene rings is 2. The summed E-state index contributed by atoms with van der Waals surface area (Å²) < 4.78 is 8.82. The van der Waals surface area contributed by atoms with Crippen molar-refractivity contribution in [2.45, 2.75) is 4.90 Å². The Kier molecular flexibility index (Phi) is 2.94. The molecule has 76 valence electrons. The van der Waals surface area contributed by atoms with Crippen molar-refractivity contribution in [1.82, 2.24) is 0 Å². The number of hydrogen-bond acceptors (Lipinski definition) is 3. The molecule has 0 amide bonds. The molecular weight excluding hydrogens is 208 g/mol. The van der Waals surface area contributed by atoms with Gasteiger partial charge in [0.15, 0.2) is 0 Å². The van der Waals surface area contributed by atoms with Crippen LogP contribution in [-0.2, 0) is 0 Å². The van der Waals surface area contributed by atoms with Crippen LogP contribution in [0, 0.1) is 0 Å². The van der Waals surface area contributed by atoms with Gasteiger partial charge in [0, 0.05) is 22.5 Å². The smallest absolute Gasteiger partial charge is 0.123 e. The fourth-order valence-electron chi connectivity index (χ4n) is 1.41. The molecule has 15 heavy (non-hydrogen) atoms. The third-order valence-corrected chi connectivity index (χ3v) is 2.66. The summed E-state index contributed by atoms with van der Waals surface area (Å²) in [6, 6.07) is 14.5. The van der Waals surface area contributed by atoms with Crippen LogP contribution in [0.3, 0.4) is 0 Å². The number of para-hydroxylation sites is 1. The molecule has 0 spiro atoms. The van der Waals surface area contributed by atoms with Crippen molar-refractivity contribution in [3.63, 3.8) is 0 Å². The van der Waals surface area contributed by atoms with Crippen molar-refractivity contribution in [2.24, 2.45) is 0 Å². The van der Waals surface area contributed by atoms with E-state index < -0.39 is 0 Å². The van der Waals surface area contributed by atoms with E-state index >= 15 is 0 Å². The fourth-order valence-corrected chi connectivity index (χ4v) is 1.67. The average Bonchev–Trinajstić information content (AvgIpc) is 2.30. The maximum Gasteiger partial charge on any atom is 0.123 e. The van der Waals surface area contributed by atoms with Crippen LogP contribution in [0.4, 0.5) is 0 Å². The Balaban J connectivity index is 2.42. The zero-order chi connectivity index (χ0) is 10.7. The van der Waals surface area contributed by atoms with Crippen LogP contribution in [0.2, 0.25) is 0 Å². The molecule has 2 aromatic carbocycles. The lowest BCUT2D eigenvalue weighted by atomic mass is 10.1. The molecule has 0 saturated heterocycles. The molecule has 0 heterocycles. The maximum atomic E-state index is 9.64. The van der Waals surface area contributed by atoms with Gasteiger partial charge < -0.3 is 9.66 Å². The lowest BCUT2D eigenvalue weighted by molar-refractivity contribution is 0.477. The van der Waals surface area contributed by atoms with Gasteiger partial charge >= 0.3 is 0 Å². The molecule has 3 heteroatoms. The largest absolute Gasteiger partial charge is 0.507 e. The molecule has 2 N–H and O–H groups in total. The Morgan fingerprint density at radius 2 is 1.53 bits per heavy atom. The number of phenols is 1. The Labute approximate surface area is 92.4 Å². The van der Waals surface area contributed by atoms with Crippen molar-refractivity contribution in [3.05, 3.63) is 48.5 Å². The monoisotopic (exact) mass is 218 g/mol. The minimum Gasteiger partial charge on any atom is -0.507 e. The maximum absolute atomic E-state index is 9.64. The number of phenolic OH excluding ortho intramolecular Hbond substituents is 1. The summed E-state index contributed by atoms with van der Waals surface area (Å²) in [6.45, 7) is 0. The molecule has 0 fully saturated rings. The van der Waals surface area contributed by atoms with Crippen LogP contribution in [0.15, 0.2) is 53.4 Å². The number of aromatic hydroxyl groups is 1. The highest BCUT2D eigenvalue weighted by Gasteiger charge is 2.02. The molecule has 2 aromatic rings. The van der Waals surface area contributed by atoms with Crippen LogP contribution in [0.1, 0.15) is 0 Å². The van der Waals surface area contributed by atoms with Crippen molar-refractivity contribution in [2.75, 3.05) is 0 Å². The molecule has 0 atom stereocenters. The quantitative estimate of drug-likeness (QED) is 0.756. The highest BCUT2D eigenvalue weighted by molar-refractivity contribution is 7.93. The molecule has 2 nitrogen and oxygen atoms in total. The minimum absolute atomic E-state index is 0.266. The van der Waals surface area contributed by atoms with Gasteiger partial charge in [-0.1, -0.05) is 30.3 Å². The van der Waals surface area contributed by atoms with E-state index in [2.05, 4.69) is 0 Å². The van der Waals surface area contributed by atoms with Gasteiger partial charge in [-0.15, -0.1) is 0 Å². The van der Waals surface area contributed by atoms with Crippen molar-refractivity contribution < 1.29 is 9.66 Å². The highest BCUT2D eigenvalue weighted by atomic mass is 32.2. The van der Waals surface area contributed by atoms with Crippen molar-refractivity contribution in [1.29, 1.82) is 0 Å². The topological polar surface area (TPSA) is 40.5 Å². The summed E-state index contributed by atoms with van der Waals surface area (Å²) >= 11 is 0.714. The van der Waals surface area contributed by atoms with E-state index in [-0.39, 0.29) is 5.75 Å². The van der Waals surface area contributed by atoms with E-state index in [1.807, 2.05) is 36.4 Å². The van der Waals surface area contributed by atoms with Gasteiger partial charge in [0.1, 0.15) is 5.75 Å². The molecule has 0 aliphatic carbocycles. The van der Waals surface area contributed by atoms with Crippen LogP contribution in [0.5, 0.6) is 5.75 Å². The average molecular weight is 218 g/mol. The number of rotatable bonds is 2. The second kappa shape index (κ2) is 4.38. The summed E-state index contributed by atoms with van der Waals surface area (Å²) in [7, 11) is 0. The van der Waals surface area contributed by atoms with E-state index in [0.29, 0.717) is 12.0 Å². The van der Waals surface area contributed by atoms with Gasteiger partial charge in [0.05, 0.1) is 0 Å². The van der Waals surface area contributed by atoms with Crippen molar-refractivity contribution in [3.8, 4) is 16.9 Å². The first-order valence-electron chi connectivity index (χ1n) is 4.51. The Morgan fingerprint density at radius 3 is 2.13 bits per heavy atom. The van der Waals surface area contributed by atoms with E-state index in [9.17, 15) is 5.11 Å². The summed E-state index contributed by atoms with van der Waals surface area (Å²) in [6.07, 6.45) is 0. The van der Waals surface area contributed by atoms with Gasteiger partial charge in [0.2, 0.25) is 0 Å². The molecule has 0 aliphatic rings. The molecular formula is C12H10O2S. The zero-order valence-corrected chi connectivity index (χ0v) is 8.74. The van der Waals surface area contributed by atoms with Crippen LogP contribution in [0.25, 0.3) is 11.1 Å². The first-order valence-corrected chi connectivity index (χ1v) is 5.28. The molecule has 0 aromatic heterocycles. The second-order valence-electron chi connectivity index (χ2n) is 3.13. The number of hydrogen-bond donors (Lipinski definition) is 2. The van der Waals surface area contributed by atoms with Gasteiger partial charge in [-0.3, -0.25) is 0 Å². The third kappa shape index (κ3) is 2.14. The normalized spacial score (nSPS) is 10.2. The molecule has 2 rings (SSSR count). The van der Waals surface area contributed by atoms with E-state index in [1.165, 1.54) is 0 Å². The first-order chi connectivity index (χ1) is 7.31. The van der Waals surface area contributed by atoms with E-state index in [0.717, 1.165) is 16.0 Å². The van der Waals surface area contributed by atoms with Crippen LogP contribution >= 0.6 is 12.0 Å². The van der Waals surface area contributed by atoms with Gasteiger partial charge in [-0.05, 0) is 23.8 Å². The molecule has 0 saturated carbocycles. The predicted octanol–water partition coefficient (Wildman–Crippen LogP) is 3.62. The minimum atomic E-state index is 0.266. The Hall–Kier alpha value is -1.45. The van der Waals surface area contributed by atoms with E-state index in [4.69, 9.17) is 4.55 Å². The summed E-state index contributed by atoms with van der Waals surface area (Å²) in [5.41, 5.74) is 1.73. The van der Waals surface area contributed by atoms with Gasteiger partial charge in [-0.25, -0.2) is 0 Å². The summed E-state index contributed by atoms with van der Waals surface area (Å²) in [5, 5.41) is 9.64. The second-order valence-corrected chi connectivity index (χ2v) is 3.79. The Bertz CT molecular complexity index is 451. The first kappa shape index (κ1) is 10.1. The predicted molar refractivity (Wildman–Crippen MR) is 62.0 cm³/mol. The molecule has 0 bridgehead atoms. The lowest BCUT2D eigenvalue weighted by Gasteiger charge is -2.04. The highest BCUT2D eigenvalue weighted by Crippen LogP contribution is 2.29. The Morgan fingerprint density at radius 1 is 0.867 bits per heavy atom. The summed E-state index contributed by atoms with van der Waals surface area (Å²) in [4.78, 5) is 0.786. The molecule has 0 radical (unpaired) electrons. The SMILES string of the molecule is OSc1ccc(-c2ccccc2O)cc1. The summed E-state index contributed by atoms with van der Waals surface area (Å²) in [5.74, 6) is 0.266. The lowest BCUT2D eigenvalue weighted by Crippen LogP contribution is -1.78. The fraction of sp³-hybridized carbons (Fsp3) is 0. The van der Waals surface area contributed by atoms with Gasteiger partial charge in [0.25, 0.3) is 0 Å².